The fraction of sp³-hybridized carbons (Fsp3) is 0.500. The van der Waals surface area contributed by atoms with Gasteiger partial charge in [-0.25, -0.2) is 0 Å². The predicted molar refractivity (Wildman–Crippen MR) is 92.5 cm³/mol. The van der Waals surface area contributed by atoms with E-state index in [-0.39, 0.29) is 5.78 Å². The Morgan fingerprint density at radius 2 is 1.95 bits per heavy atom. The molecule has 0 unspecified atom stereocenters. The molecule has 1 aromatic rings. The lowest BCUT2D eigenvalue weighted by Gasteiger charge is -2.44. The second kappa shape index (κ2) is 5.69. The Kier molecular flexibility index (Phi) is 4.27. The van der Waals surface area contributed by atoms with Gasteiger partial charge < -0.3 is 9.47 Å². The lowest BCUT2D eigenvalue weighted by atomic mass is 9.87. The molecule has 2 heterocycles. The van der Waals surface area contributed by atoms with Crippen LogP contribution in [0.4, 0.5) is 0 Å². The van der Waals surface area contributed by atoms with Crippen molar-refractivity contribution in [1.29, 1.82) is 0 Å². The van der Waals surface area contributed by atoms with Gasteiger partial charge in [-0.2, -0.15) is 0 Å². The van der Waals surface area contributed by atoms with Gasteiger partial charge in [0.25, 0.3) is 0 Å². The topological polar surface area (TPSA) is 38.8 Å². The first-order valence-corrected chi connectivity index (χ1v) is 8.67. The van der Waals surface area contributed by atoms with Gasteiger partial charge in [0.05, 0.1) is 22.3 Å². The summed E-state index contributed by atoms with van der Waals surface area (Å²) in [4.78, 5) is 15.2. The molecular formula is C14H15I2NO3. The van der Waals surface area contributed by atoms with Gasteiger partial charge in [-0.05, 0) is 64.2 Å². The minimum Gasteiger partial charge on any atom is -0.489 e. The number of ether oxygens (including phenoxy) is 2. The molecular weight excluding hydrogens is 484 g/mol. The Hall–Kier alpha value is 0.0700. The van der Waals surface area contributed by atoms with Gasteiger partial charge in [-0.3, -0.25) is 9.69 Å². The summed E-state index contributed by atoms with van der Waals surface area (Å²) in [6.07, 6.45) is 0. The number of ketones is 1. The highest BCUT2D eigenvalue weighted by Crippen LogP contribution is 2.37. The monoisotopic (exact) mass is 499 g/mol. The molecule has 2 aliphatic heterocycles. The molecule has 6 heteroatoms. The van der Waals surface area contributed by atoms with Gasteiger partial charge in [-0.15, -0.1) is 0 Å². The van der Waals surface area contributed by atoms with Gasteiger partial charge in [0, 0.05) is 16.7 Å². The molecule has 2 aliphatic rings. The summed E-state index contributed by atoms with van der Waals surface area (Å²) in [6.45, 7) is 5.31. The second-order valence-electron chi connectivity index (χ2n) is 5.26. The van der Waals surface area contributed by atoms with Crippen molar-refractivity contribution in [1.82, 2.24) is 4.90 Å². The summed E-state index contributed by atoms with van der Waals surface area (Å²) in [5.74, 6) is 0.902. The Balaban J connectivity index is 1.99. The summed E-state index contributed by atoms with van der Waals surface area (Å²) >= 11 is 4.47. The SMILES string of the molecule is C[C@@]1(N2CCOCC2)COc2c(I)cc(I)cc2C1=O. The van der Waals surface area contributed by atoms with E-state index < -0.39 is 5.54 Å². The number of carbonyl (C=O) groups excluding carboxylic acids is 1. The van der Waals surface area contributed by atoms with Gasteiger partial charge >= 0.3 is 0 Å². The Morgan fingerprint density at radius 1 is 1.25 bits per heavy atom. The third-order valence-electron chi connectivity index (χ3n) is 3.95. The lowest BCUT2D eigenvalue weighted by Crippen LogP contribution is -2.61. The Bertz CT molecular complexity index is 558. The molecule has 0 aromatic heterocycles. The van der Waals surface area contributed by atoms with Crippen molar-refractivity contribution in [2.45, 2.75) is 12.5 Å². The molecule has 3 rings (SSSR count). The van der Waals surface area contributed by atoms with Crippen LogP contribution < -0.4 is 4.74 Å². The standard InChI is InChI=1S/C14H15I2NO3/c1-14(17-2-4-19-5-3-17)8-20-12-10(13(14)18)6-9(15)7-11(12)16/h6-7H,2-5,8H2,1H3/t14-/m1/s1. The highest BCUT2D eigenvalue weighted by atomic mass is 127. The van der Waals surface area contributed by atoms with Crippen LogP contribution in [0.5, 0.6) is 5.75 Å². The van der Waals surface area contributed by atoms with E-state index in [1.54, 1.807) is 0 Å². The van der Waals surface area contributed by atoms with Crippen LogP contribution in [0, 0.1) is 7.14 Å². The predicted octanol–water partition coefficient (Wildman–Crippen LogP) is 2.56. The zero-order chi connectivity index (χ0) is 14.3. The fourth-order valence-electron chi connectivity index (χ4n) is 2.74. The zero-order valence-corrected chi connectivity index (χ0v) is 15.4. The van der Waals surface area contributed by atoms with Crippen molar-refractivity contribution in [3.63, 3.8) is 0 Å². The Labute approximate surface area is 145 Å². The number of rotatable bonds is 1. The molecule has 1 saturated heterocycles. The quantitative estimate of drug-likeness (QED) is 0.558. The minimum absolute atomic E-state index is 0.164. The summed E-state index contributed by atoms with van der Waals surface area (Å²) in [5, 5.41) is 0. The van der Waals surface area contributed by atoms with Crippen LogP contribution in [0.15, 0.2) is 12.1 Å². The molecule has 1 fully saturated rings. The summed E-state index contributed by atoms with van der Waals surface area (Å²) in [5.41, 5.74) is 0.131. The zero-order valence-electron chi connectivity index (χ0n) is 11.1. The highest BCUT2D eigenvalue weighted by molar-refractivity contribution is 14.1. The summed E-state index contributed by atoms with van der Waals surface area (Å²) < 4.78 is 13.4. The molecule has 4 nitrogen and oxygen atoms in total. The number of carbonyl (C=O) groups is 1. The number of halogens is 2. The summed E-state index contributed by atoms with van der Waals surface area (Å²) in [6, 6.07) is 3.96. The van der Waals surface area contributed by atoms with Crippen molar-refractivity contribution in [2.24, 2.45) is 0 Å². The van der Waals surface area contributed by atoms with E-state index in [0.29, 0.717) is 25.4 Å². The van der Waals surface area contributed by atoms with Gasteiger partial charge in [0.15, 0.2) is 5.78 Å². The molecule has 0 bridgehead atoms. The van der Waals surface area contributed by atoms with E-state index in [0.717, 1.165) is 26.0 Å². The molecule has 0 saturated carbocycles. The van der Waals surface area contributed by atoms with E-state index in [2.05, 4.69) is 50.1 Å². The van der Waals surface area contributed by atoms with Crippen LogP contribution in [0.3, 0.4) is 0 Å². The fourth-order valence-corrected chi connectivity index (χ4v) is 4.74. The van der Waals surface area contributed by atoms with Crippen LogP contribution in [0.1, 0.15) is 17.3 Å². The van der Waals surface area contributed by atoms with Crippen LogP contribution >= 0.6 is 45.2 Å². The largest absolute Gasteiger partial charge is 0.489 e. The first-order chi connectivity index (χ1) is 9.52. The van der Waals surface area contributed by atoms with E-state index in [1.807, 2.05) is 19.1 Å². The number of Topliss-reactive ketones (excluding diaryl/α,β-unsaturated/α-hetero) is 1. The van der Waals surface area contributed by atoms with E-state index >= 15 is 0 Å². The van der Waals surface area contributed by atoms with Crippen molar-refractivity contribution >= 4 is 51.0 Å². The number of nitrogens with zero attached hydrogens (tertiary/aromatic N) is 1. The van der Waals surface area contributed by atoms with Crippen LogP contribution in [0.2, 0.25) is 0 Å². The van der Waals surface area contributed by atoms with Crippen LogP contribution in [-0.2, 0) is 4.74 Å². The molecule has 108 valence electrons. The first-order valence-electron chi connectivity index (χ1n) is 6.52. The molecule has 20 heavy (non-hydrogen) atoms. The molecule has 0 spiro atoms. The summed E-state index contributed by atoms with van der Waals surface area (Å²) in [7, 11) is 0. The minimum atomic E-state index is -0.579. The van der Waals surface area contributed by atoms with Gasteiger partial charge in [-0.1, -0.05) is 0 Å². The molecule has 1 aromatic carbocycles. The first kappa shape index (κ1) is 15.0. The van der Waals surface area contributed by atoms with E-state index in [9.17, 15) is 4.79 Å². The normalized spacial score (nSPS) is 27.1. The lowest BCUT2D eigenvalue weighted by molar-refractivity contribution is -0.0263. The van der Waals surface area contributed by atoms with Crippen LogP contribution in [0.25, 0.3) is 0 Å². The highest BCUT2D eigenvalue weighted by Gasteiger charge is 2.45. The third-order valence-corrected chi connectivity index (χ3v) is 5.37. The average Bonchev–Trinajstić information content (AvgIpc) is 2.44. The van der Waals surface area contributed by atoms with Crippen molar-refractivity contribution in [3.05, 3.63) is 24.8 Å². The van der Waals surface area contributed by atoms with E-state index in [1.165, 1.54) is 0 Å². The van der Waals surface area contributed by atoms with Crippen LogP contribution in [-0.4, -0.2) is 49.1 Å². The molecule has 1 atom stereocenters. The number of benzene rings is 1. The number of morpholine rings is 1. The van der Waals surface area contributed by atoms with Crippen molar-refractivity contribution in [2.75, 3.05) is 32.9 Å². The number of fused-ring (bicyclic) bond motifs is 1. The second-order valence-corrected chi connectivity index (χ2v) is 7.66. The maximum absolute atomic E-state index is 13.0. The third kappa shape index (κ3) is 2.48. The molecule has 0 N–H and O–H groups in total. The van der Waals surface area contributed by atoms with Crippen molar-refractivity contribution in [3.8, 4) is 5.75 Å². The van der Waals surface area contributed by atoms with E-state index in [4.69, 9.17) is 9.47 Å². The maximum atomic E-state index is 13.0. The number of hydrogen-bond acceptors (Lipinski definition) is 4. The van der Waals surface area contributed by atoms with Gasteiger partial charge in [0.1, 0.15) is 17.9 Å². The van der Waals surface area contributed by atoms with Gasteiger partial charge in [0.2, 0.25) is 0 Å². The Morgan fingerprint density at radius 3 is 2.65 bits per heavy atom. The maximum Gasteiger partial charge on any atom is 0.190 e. The average molecular weight is 499 g/mol. The molecule has 0 amide bonds. The number of hydrogen-bond donors (Lipinski definition) is 0. The molecule has 0 aliphatic carbocycles. The molecule has 0 radical (unpaired) electrons. The van der Waals surface area contributed by atoms with Crippen molar-refractivity contribution < 1.29 is 14.3 Å². The smallest absolute Gasteiger partial charge is 0.190 e.